The van der Waals surface area contributed by atoms with Gasteiger partial charge in [0.15, 0.2) is 5.82 Å². The number of aryl methyl sites for hydroxylation is 1. The number of H-pyrrole nitrogens is 1. The summed E-state index contributed by atoms with van der Waals surface area (Å²) in [6.45, 7) is 5.71. The van der Waals surface area contributed by atoms with Crippen LogP contribution in [0.25, 0.3) is 22.2 Å². The molecule has 0 bridgehead atoms. The van der Waals surface area contributed by atoms with Crippen molar-refractivity contribution in [3.8, 4) is 5.75 Å². The molecule has 1 N–H and O–H groups in total. The average Bonchev–Trinajstić information content (AvgIpc) is 3.22. The van der Waals surface area contributed by atoms with Crippen LogP contribution < -0.4 is 10.1 Å². The number of hydrogen-bond acceptors (Lipinski definition) is 4. The summed E-state index contributed by atoms with van der Waals surface area (Å²) < 4.78 is 5.80. The first-order chi connectivity index (χ1) is 13.1. The lowest BCUT2D eigenvalue weighted by molar-refractivity contribution is 0.261. The highest BCUT2D eigenvalue weighted by molar-refractivity contribution is 6.07. The molecule has 0 saturated carbocycles. The van der Waals surface area contributed by atoms with Crippen molar-refractivity contribution in [2.24, 2.45) is 0 Å². The minimum absolute atomic E-state index is 0.673. The van der Waals surface area contributed by atoms with Crippen LogP contribution >= 0.6 is 0 Å². The first-order valence-corrected chi connectivity index (χ1v) is 9.25. The van der Waals surface area contributed by atoms with Gasteiger partial charge in [-0.25, -0.2) is 10.3 Å². The molecule has 3 aromatic rings. The van der Waals surface area contributed by atoms with E-state index in [4.69, 9.17) is 10.1 Å². The number of likely N-dealkylation sites (N-methyl/N-ethyl adjacent to an activating group) is 1. The zero-order valence-corrected chi connectivity index (χ0v) is 16.2. The van der Waals surface area contributed by atoms with Crippen LogP contribution in [0.1, 0.15) is 30.2 Å². The summed E-state index contributed by atoms with van der Waals surface area (Å²) in [6.07, 6.45) is 2.74. The molecule has 0 spiro atoms. The van der Waals surface area contributed by atoms with Gasteiger partial charge in [0, 0.05) is 23.7 Å². The molecule has 139 valence electrons. The molecule has 0 fully saturated rings. The fourth-order valence-electron chi connectivity index (χ4n) is 3.39. The predicted octanol–water partition coefficient (Wildman–Crippen LogP) is 3.73. The lowest BCUT2D eigenvalue weighted by Gasteiger charge is -2.11. The molecule has 1 aliphatic rings. The van der Waals surface area contributed by atoms with Crippen LogP contribution in [0.3, 0.4) is 0 Å². The van der Waals surface area contributed by atoms with Crippen molar-refractivity contribution in [3.63, 3.8) is 0 Å². The molecule has 0 saturated heterocycles. The zero-order chi connectivity index (χ0) is 19.0. The monoisotopic (exact) mass is 362 g/mol. The van der Waals surface area contributed by atoms with Gasteiger partial charge in [0.2, 0.25) is 0 Å². The number of hydrogen-bond donors (Lipinski definition) is 1. The van der Waals surface area contributed by atoms with Crippen molar-refractivity contribution in [1.29, 1.82) is 0 Å². The van der Waals surface area contributed by atoms with Crippen molar-refractivity contribution < 1.29 is 4.74 Å². The SMILES string of the molecule is CCC1=C(c2ccc(OCCN(C)C)cc2)[N]c2ncc3c(C)n[nH]c3c21. The highest BCUT2D eigenvalue weighted by Crippen LogP contribution is 2.43. The summed E-state index contributed by atoms with van der Waals surface area (Å²) in [5, 5.41) is 13.4. The number of benzene rings is 1. The van der Waals surface area contributed by atoms with Crippen molar-refractivity contribution in [3.05, 3.63) is 47.3 Å². The number of nitrogens with one attached hydrogen (secondary N) is 1. The van der Waals surface area contributed by atoms with E-state index in [2.05, 4.69) is 39.1 Å². The summed E-state index contributed by atoms with van der Waals surface area (Å²) in [5.41, 5.74) is 6.33. The maximum atomic E-state index is 5.80. The molecule has 1 aliphatic heterocycles. The van der Waals surface area contributed by atoms with Gasteiger partial charge in [-0.3, -0.25) is 5.10 Å². The van der Waals surface area contributed by atoms with Gasteiger partial charge in [-0.15, -0.1) is 0 Å². The minimum Gasteiger partial charge on any atom is -0.492 e. The number of allylic oxidation sites excluding steroid dienone is 1. The molecule has 3 heterocycles. The fraction of sp³-hybridized carbons (Fsp3) is 0.333. The molecule has 1 radical (unpaired) electrons. The van der Waals surface area contributed by atoms with Gasteiger partial charge in [-0.05, 0) is 57.3 Å². The van der Waals surface area contributed by atoms with E-state index >= 15 is 0 Å². The molecule has 6 heteroatoms. The number of aromatic nitrogens is 3. The normalized spacial score (nSPS) is 13.4. The number of ether oxygens (including phenoxy) is 1. The predicted molar refractivity (Wildman–Crippen MR) is 108 cm³/mol. The highest BCUT2D eigenvalue weighted by Gasteiger charge is 2.27. The smallest absolute Gasteiger partial charge is 0.162 e. The van der Waals surface area contributed by atoms with Gasteiger partial charge in [0.25, 0.3) is 0 Å². The van der Waals surface area contributed by atoms with Gasteiger partial charge >= 0.3 is 0 Å². The van der Waals surface area contributed by atoms with Crippen LogP contribution in [-0.2, 0) is 0 Å². The Labute approximate surface area is 159 Å². The lowest BCUT2D eigenvalue weighted by atomic mass is 9.99. The van der Waals surface area contributed by atoms with Gasteiger partial charge < -0.3 is 9.64 Å². The number of rotatable bonds is 6. The lowest BCUT2D eigenvalue weighted by Crippen LogP contribution is -2.19. The first kappa shape index (κ1) is 17.5. The van der Waals surface area contributed by atoms with E-state index in [0.717, 1.165) is 58.0 Å². The van der Waals surface area contributed by atoms with E-state index in [0.29, 0.717) is 6.61 Å². The second-order valence-corrected chi connectivity index (χ2v) is 7.02. The van der Waals surface area contributed by atoms with Crippen LogP contribution in [0.5, 0.6) is 5.75 Å². The largest absolute Gasteiger partial charge is 0.492 e. The second-order valence-electron chi connectivity index (χ2n) is 7.02. The molecule has 6 nitrogen and oxygen atoms in total. The summed E-state index contributed by atoms with van der Waals surface area (Å²) in [7, 11) is 4.08. The van der Waals surface area contributed by atoms with Gasteiger partial charge in [0.05, 0.1) is 22.5 Å². The van der Waals surface area contributed by atoms with Gasteiger partial charge in [0.1, 0.15) is 12.4 Å². The number of nitrogens with zero attached hydrogens (tertiary/aromatic N) is 4. The molecule has 27 heavy (non-hydrogen) atoms. The molecular formula is C21H24N5O. The number of aromatic amines is 1. The van der Waals surface area contributed by atoms with Crippen molar-refractivity contribution >= 4 is 28.0 Å². The van der Waals surface area contributed by atoms with Crippen LogP contribution in [-0.4, -0.2) is 47.3 Å². The topological polar surface area (TPSA) is 68.1 Å². The van der Waals surface area contributed by atoms with E-state index in [1.807, 2.05) is 39.3 Å². The van der Waals surface area contributed by atoms with E-state index < -0.39 is 0 Å². The van der Waals surface area contributed by atoms with E-state index in [9.17, 15) is 0 Å². The highest BCUT2D eigenvalue weighted by atomic mass is 16.5. The van der Waals surface area contributed by atoms with Crippen molar-refractivity contribution in [2.45, 2.75) is 20.3 Å². The zero-order valence-electron chi connectivity index (χ0n) is 16.2. The molecule has 2 aromatic heterocycles. The standard InChI is InChI=1S/C21H24N5O/c1-5-16-18-20-17(13(2)24-25-20)12-22-21(18)23-19(16)14-6-8-15(9-7-14)27-11-10-26(3)4/h6-9,12H,5,10-11H2,1-4H3,(H,24,25). The van der Waals surface area contributed by atoms with Crippen molar-refractivity contribution in [2.75, 3.05) is 27.2 Å². The summed E-state index contributed by atoms with van der Waals surface area (Å²) in [6, 6.07) is 8.15. The van der Waals surface area contributed by atoms with Crippen LogP contribution in [0.15, 0.2) is 30.5 Å². The quantitative estimate of drug-likeness (QED) is 0.725. The van der Waals surface area contributed by atoms with Gasteiger partial charge in [-0.2, -0.15) is 5.10 Å². The van der Waals surface area contributed by atoms with E-state index in [-0.39, 0.29) is 0 Å². The Morgan fingerprint density at radius 2 is 1.93 bits per heavy atom. The third-order valence-electron chi connectivity index (χ3n) is 4.88. The molecule has 0 amide bonds. The molecular weight excluding hydrogens is 338 g/mol. The third-order valence-corrected chi connectivity index (χ3v) is 4.88. The Morgan fingerprint density at radius 3 is 2.63 bits per heavy atom. The molecule has 0 atom stereocenters. The molecule has 1 aromatic carbocycles. The van der Waals surface area contributed by atoms with Crippen LogP contribution in [0.2, 0.25) is 0 Å². The van der Waals surface area contributed by atoms with E-state index in [1.165, 1.54) is 5.57 Å². The summed E-state index contributed by atoms with van der Waals surface area (Å²) in [4.78, 5) is 6.67. The Morgan fingerprint density at radius 1 is 1.15 bits per heavy atom. The fourth-order valence-corrected chi connectivity index (χ4v) is 3.39. The van der Waals surface area contributed by atoms with Crippen LogP contribution in [0.4, 0.5) is 5.82 Å². The molecule has 0 unspecified atom stereocenters. The maximum Gasteiger partial charge on any atom is 0.162 e. The van der Waals surface area contributed by atoms with E-state index in [1.54, 1.807) is 0 Å². The second kappa shape index (κ2) is 7.04. The number of pyridine rings is 1. The number of fused-ring (bicyclic) bond motifs is 3. The minimum atomic E-state index is 0.673. The van der Waals surface area contributed by atoms with Gasteiger partial charge in [-0.1, -0.05) is 6.92 Å². The molecule has 4 rings (SSSR count). The third kappa shape index (κ3) is 3.17. The summed E-state index contributed by atoms with van der Waals surface area (Å²) in [5.74, 6) is 1.64. The maximum absolute atomic E-state index is 5.80. The van der Waals surface area contributed by atoms with Crippen LogP contribution in [0, 0.1) is 6.92 Å². The Kier molecular flexibility index (Phi) is 4.58. The Bertz CT molecular complexity index is 1000. The Hall–Kier alpha value is -2.86. The average molecular weight is 362 g/mol. The molecule has 0 aliphatic carbocycles. The Balaban J connectivity index is 1.65. The van der Waals surface area contributed by atoms with Crippen molar-refractivity contribution in [1.82, 2.24) is 25.4 Å². The summed E-state index contributed by atoms with van der Waals surface area (Å²) >= 11 is 0. The first-order valence-electron chi connectivity index (χ1n) is 9.25.